The summed E-state index contributed by atoms with van der Waals surface area (Å²) in [6, 6.07) is 14.6. The predicted molar refractivity (Wildman–Crippen MR) is 101 cm³/mol. The van der Waals surface area contributed by atoms with Crippen LogP contribution in [0.1, 0.15) is 42.0 Å². The van der Waals surface area contributed by atoms with Crippen molar-refractivity contribution >= 4 is 5.91 Å². The van der Waals surface area contributed by atoms with Crippen molar-refractivity contribution < 1.29 is 14.3 Å². The van der Waals surface area contributed by atoms with Crippen molar-refractivity contribution in [3.05, 3.63) is 59.2 Å². The molecule has 1 amide bonds. The third kappa shape index (κ3) is 4.01. The summed E-state index contributed by atoms with van der Waals surface area (Å²) in [6.45, 7) is 3.26. The van der Waals surface area contributed by atoms with E-state index in [1.807, 2.05) is 18.2 Å². The lowest BCUT2D eigenvalue weighted by molar-refractivity contribution is -0.122. The highest BCUT2D eigenvalue weighted by Gasteiger charge is 2.33. The number of amides is 1. The van der Waals surface area contributed by atoms with Gasteiger partial charge in [0.1, 0.15) is 13.2 Å². The van der Waals surface area contributed by atoms with E-state index in [9.17, 15) is 4.79 Å². The van der Waals surface area contributed by atoms with Gasteiger partial charge in [0.25, 0.3) is 0 Å². The van der Waals surface area contributed by atoms with E-state index in [0.717, 1.165) is 17.1 Å². The zero-order valence-electron chi connectivity index (χ0n) is 15.2. The Morgan fingerprint density at radius 1 is 1.08 bits per heavy atom. The minimum atomic E-state index is 0.109. The number of hydrogen-bond donors (Lipinski definition) is 1. The maximum Gasteiger partial charge on any atom is 0.220 e. The molecule has 1 saturated carbocycles. The largest absolute Gasteiger partial charge is 0.486 e. The molecule has 1 aliphatic heterocycles. The standard InChI is InChI=1S/C22H25NO3/c1-15-2-6-17(7-3-15)22(18-8-9-18)23-21(24)11-5-16-4-10-19-20(14-16)26-13-12-25-19/h2-4,6-7,10,14,18,22H,5,8-9,11-13H2,1H3,(H,23,24). The highest BCUT2D eigenvalue weighted by atomic mass is 16.6. The fraction of sp³-hybridized carbons (Fsp3) is 0.409. The Morgan fingerprint density at radius 2 is 1.81 bits per heavy atom. The predicted octanol–water partition coefficient (Wildman–Crippen LogP) is 3.97. The monoisotopic (exact) mass is 351 g/mol. The molecule has 0 bridgehead atoms. The molecule has 4 rings (SSSR count). The van der Waals surface area contributed by atoms with Gasteiger partial charge in [-0.1, -0.05) is 35.9 Å². The number of fused-ring (bicyclic) bond motifs is 1. The highest BCUT2D eigenvalue weighted by molar-refractivity contribution is 5.76. The van der Waals surface area contributed by atoms with Gasteiger partial charge in [-0.05, 0) is 55.4 Å². The van der Waals surface area contributed by atoms with Crippen molar-refractivity contribution in [1.82, 2.24) is 5.32 Å². The second-order valence-electron chi connectivity index (χ2n) is 7.27. The van der Waals surface area contributed by atoms with E-state index in [2.05, 4.69) is 36.5 Å². The zero-order chi connectivity index (χ0) is 17.9. The Bertz CT molecular complexity index is 780. The summed E-state index contributed by atoms with van der Waals surface area (Å²) in [7, 11) is 0. The van der Waals surface area contributed by atoms with Crippen LogP contribution in [-0.4, -0.2) is 19.1 Å². The first-order valence-electron chi connectivity index (χ1n) is 9.43. The van der Waals surface area contributed by atoms with E-state index in [0.29, 0.717) is 32.0 Å². The number of carbonyl (C=O) groups is 1. The number of aryl methyl sites for hydroxylation is 2. The van der Waals surface area contributed by atoms with Crippen molar-refractivity contribution in [2.45, 2.75) is 38.6 Å². The SMILES string of the molecule is Cc1ccc(C(NC(=O)CCc2ccc3c(c2)OCCO3)C2CC2)cc1. The molecule has 0 saturated heterocycles. The van der Waals surface area contributed by atoms with E-state index in [4.69, 9.17) is 9.47 Å². The first-order chi connectivity index (χ1) is 12.7. The maximum atomic E-state index is 12.5. The molecular weight excluding hydrogens is 326 g/mol. The number of carbonyl (C=O) groups excluding carboxylic acids is 1. The molecule has 136 valence electrons. The van der Waals surface area contributed by atoms with Crippen molar-refractivity contribution in [2.75, 3.05) is 13.2 Å². The minimum Gasteiger partial charge on any atom is -0.486 e. The Balaban J connectivity index is 1.36. The smallest absolute Gasteiger partial charge is 0.220 e. The molecule has 4 heteroatoms. The van der Waals surface area contributed by atoms with Crippen molar-refractivity contribution in [2.24, 2.45) is 5.92 Å². The van der Waals surface area contributed by atoms with Crippen LogP contribution in [0.15, 0.2) is 42.5 Å². The topological polar surface area (TPSA) is 47.6 Å². The summed E-state index contributed by atoms with van der Waals surface area (Å²) in [6.07, 6.45) is 3.57. The molecule has 1 N–H and O–H groups in total. The average Bonchev–Trinajstić information content (AvgIpc) is 3.50. The van der Waals surface area contributed by atoms with Gasteiger partial charge in [-0.15, -0.1) is 0 Å². The molecule has 2 aromatic rings. The normalized spacial score (nSPS) is 16.8. The fourth-order valence-electron chi connectivity index (χ4n) is 3.42. The van der Waals surface area contributed by atoms with Crippen LogP contribution < -0.4 is 14.8 Å². The number of hydrogen-bond acceptors (Lipinski definition) is 3. The van der Waals surface area contributed by atoms with Gasteiger partial charge in [0.15, 0.2) is 11.5 Å². The van der Waals surface area contributed by atoms with E-state index >= 15 is 0 Å². The quantitative estimate of drug-likeness (QED) is 0.857. The van der Waals surface area contributed by atoms with Crippen LogP contribution in [0, 0.1) is 12.8 Å². The summed E-state index contributed by atoms with van der Waals surface area (Å²) in [4.78, 5) is 12.5. The second-order valence-corrected chi connectivity index (χ2v) is 7.27. The molecule has 4 nitrogen and oxygen atoms in total. The van der Waals surface area contributed by atoms with Crippen LogP contribution in [0.5, 0.6) is 11.5 Å². The Morgan fingerprint density at radius 3 is 2.54 bits per heavy atom. The highest BCUT2D eigenvalue weighted by Crippen LogP contribution is 2.41. The molecule has 2 aliphatic rings. The van der Waals surface area contributed by atoms with Gasteiger partial charge in [-0.25, -0.2) is 0 Å². The van der Waals surface area contributed by atoms with Gasteiger partial charge in [0, 0.05) is 6.42 Å². The molecule has 1 aliphatic carbocycles. The van der Waals surface area contributed by atoms with Crippen LogP contribution in [-0.2, 0) is 11.2 Å². The van der Waals surface area contributed by atoms with Crippen LogP contribution >= 0.6 is 0 Å². The molecule has 1 fully saturated rings. The first-order valence-corrected chi connectivity index (χ1v) is 9.43. The number of ether oxygens (including phenoxy) is 2. The third-order valence-electron chi connectivity index (χ3n) is 5.09. The van der Waals surface area contributed by atoms with Crippen molar-refractivity contribution in [1.29, 1.82) is 0 Å². The third-order valence-corrected chi connectivity index (χ3v) is 5.09. The Hall–Kier alpha value is -2.49. The lowest BCUT2D eigenvalue weighted by Gasteiger charge is -2.20. The van der Waals surface area contributed by atoms with Crippen LogP contribution in [0.3, 0.4) is 0 Å². The average molecular weight is 351 g/mol. The molecule has 1 unspecified atom stereocenters. The van der Waals surface area contributed by atoms with Crippen molar-refractivity contribution in [3.8, 4) is 11.5 Å². The summed E-state index contributed by atoms with van der Waals surface area (Å²) < 4.78 is 11.2. The van der Waals surface area contributed by atoms with Gasteiger partial charge in [-0.3, -0.25) is 4.79 Å². The summed E-state index contributed by atoms with van der Waals surface area (Å²) in [5.74, 6) is 2.26. The van der Waals surface area contributed by atoms with Gasteiger partial charge in [0.2, 0.25) is 5.91 Å². The van der Waals surface area contributed by atoms with Crippen molar-refractivity contribution in [3.63, 3.8) is 0 Å². The van der Waals surface area contributed by atoms with Crippen LogP contribution in [0.25, 0.3) is 0 Å². The van der Waals surface area contributed by atoms with Gasteiger partial charge in [0.05, 0.1) is 6.04 Å². The fourth-order valence-corrected chi connectivity index (χ4v) is 3.42. The Kier molecular flexibility index (Phi) is 4.83. The van der Waals surface area contributed by atoms with Gasteiger partial charge >= 0.3 is 0 Å². The number of rotatable bonds is 6. The maximum absolute atomic E-state index is 12.5. The summed E-state index contributed by atoms with van der Waals surface area (Å²) in [5, 5.41) is 3.25. The minimum absolute atomic E-state index is 0.109. The molecule has 0 aromatic heterocycles. The molecule has 1 atom stereocenters. The number of nitrogens with one attached hydrogen (secondary N) is 1. The first kappa shape index (κ1) is 17.0. The van der Waals surface area contributed by atoms with Gasteiger partial charge < -0.3 is 14.8 Å². The molecule has 1 heterocycles. The van der Waals surface area contributed by atoms with E-state index in [-0.39, 0.29) is 11.9 Å². The summed E-state index contributed by atoms with van der Waals surface area (Å²) in [5.41, 5.74) is 3.56. The molecule has 0 radical (unpaired) electrons. The second kappa shape index (κ2) is 7.40. The van der Waals surface area contributed by atoms with Crippen LogP contribution in [0.4, 0.5) is 0 Å². The molecular formula is C22H25NO3. The lowest BCUT2D eigenvalue weighted by atomic mass is 10.0. The molecule has 0 spiro atoms. The van der Waals surface area contributed by atoms with Crippen LogP contribution in [0.2, 0.25) is 0 Å². The molecule has 26 heavy (non-hydrogen) atoms. The zero-order valence-corrected chi connectivity index (χ0v) is 15.2. The Labute approximate surface area is 154 Å². The number of benzene rings is 2. The van der Waals surface area contributed by atoms with E-state index < -0.39 is 0 Å². The van der Waals surface area contributed by atoms with Gasteiger partial charge in [-0.2, -0.15) is 0 Å². The summed E-state index contributed by atoms with van der Waals surface area (Å²) >= 11 is 0. The van der Waals surface area contributed by atoms with E-state index in [1.54, 1.807) is 0 Å². The van der Waals surface area contributed by atoms with E-state index in [1.165, 1.54) is 24.0 Å². The molecule has 2 aromatic carbocycles. The lowest BCUT2D eigenvalue weighted by Crippen LogP contribution is -2.30.